The van der Waals surface area contributed by atoms with E-state index >= 15 is 0 Å². The minimum absolute atomic E-state index is 0.322. The number of hydrogen-bond acceptors (Lipinski definition) is 5. The van der Waals surface area contributed by atoms with Crippen LogP contribution in [0, 0.1) is 78.2 Å². The second kappa shape index (κ2) is 19.4. The van der Waals surface area contributed by atoms with Crippen LogP contribution in [0.2, 0.25) is 0 Å². The molecule has 0 fully saturated rings. The molecule has 362 valence electrons. The van der Waals surface area contributed by atoms with Crippen molar-refractivity contribution in [3.63, 3.8) is 0 Å². The molecule has 0 spiro atoms. The molecule has 3 heterocycles. The highest BCUT2D eigenvalue weighted by Crippen LogP contribution is 2.46. The van der Waals surface area contributed by atoms with E-state index in [-0.39, 0.29) is 0 Å². The minimum atomic E-state index is 0.322. The maximum atomic E-state index is 10.4. The van der Waals surface area contributed by atoms with Crippen molar-refractivity contribution in [2.75, 3.05) is 0 Å². The highest BCUT2D eigenvalue weighted by atomic mass is 15.0. The molecule has 9 aromatic carbocycles. The van der Waals surface area contributed by atoms with Gasteiger partial charge in [-0.2, -0.15) is 21.0 Å². The second-order valence-electron chi connectivity index (χ2n) is 18.6. The van der Waals surface area contributed by atoms with Crippen LogP contribution < -0.4 is 0 Å². The third-order valence-corrected chi connectivity index (χ3v) is 14.4. The van der Waals surface area contributed by atoms with Gasteiger partial charge in [0.25, 0.3) is 0 Å². The van der Waals surface area contributed by atoms with Crippen molar-refractivity contribution in [1.82, 2.24) is 14.1 Å². The molecule has 0 saturated carbocycles. The molecule has 0 amide bonds. The molecule has 12 rings (SSSR count). The first kappa shape index (κ1) is 48.1. The normalized spacial score (nSPS) is 10.6. The fraction of sp³-hybridized carbons (Fsp3) is 0. The minimum Gasteiger partial charge on any atom is -0.307 e. The highest BCUT2D eigenvalue weighted by Gasteiger charge is 2.25. The summed E-state index contributed by atoms with van der Waals surface area (Å²) in [5, 5.41) is 43.4. The molecular formula is C68H30N12. The summed E-state index contributed by atoms with van der Waals surface area (Å²) in [6, 6.07) is 60.4. The molecule has 0 N–H and O–H groups in total. The number of nitrogens with zero attached hydrogens (tertiary/aromatic N) is 12. The van der Waals surface area contributed by atoms with Crippen LogP contribution in [0.15, 0.2) is 182 Å². The molecule has 0 aliphatic rings. The van der Waals surface area contributed by atoms with E-state index in [0.29, 0.717) is 95.4 Å². The zero-order valence-corrected chi connectivity index (χ0v) is 41.7. The maximum Gasteiger partial charge on any atom is 0.196 e. The Morgan fingerprint density at radius 3 is 1.18 bits per heavy atom. The van der Waals surface area contributed by atoms with Crippen molar-refractivity contribution >= 4 is 72.0 Å². The fourth-order valence-corrected chi connectivity index (χ4v) is 10.8. The lowest BCUT2D eigenvalue weighted by Crippen LogP contribution is -2.05. The lowest BCUT2D eigenvalue weighted by atomic mass is 9.97. The standard InChI is InChI=1S/C68H30N12/c1-73-49-15-19-51(48(28-49)37-72)43-11-21-62-55(29-43)56-32-46(54-20-16-50(74-2)33-61(54)77-5)14-24-63(56)79(62)66-38-78-39-67(68(66)47-8-6-7-40(25-47)34-69)80-64-22-12-44(52-17-9-41(35-70)26-59(52)75-3)30-57(64)58-31-45(13-23-65(58)80)53-18-10-42(36-71)27-60(53)76-4/h6-33,38-39H. The van der Waals surface area contributed by atoms with Gasteiger partial charge in [0.15, 0.2) is 28.4 Å². The summed E-state index contributed by atoms with van der Waals surface area (Å²) >= 11 is 0. The van der Waals surface area contributed by atoms with Gasteiger partial charge in [-0.3, -0.25) is 4.98 Å². The second-order valence-corrected chi connectivity index (χ2v) is 18.6. The smallest absolute Gasteiger partial charge is 0.196 e. The van der Waals surface area contributed by atoms with E-state index in [1.54, 1.807) is 91.3 Å². The first-order valence-corrected chi connectivity index (χ1v) is 24.5. The molecular weight excluding hydrogens is 985 g/mol. The highest BCUT2D eigenvalue weighted by molar-refractivity contribution is 6.15. The van der Waals surface area contributed by atoms with Crippen LogP contribution in [0.5, 0.6) is 0 Å². The SMILES string of the molecule is [C-]#[N+]c1ccc(-c2ccc3c(c2)c2cc(-c4ccc([N+]#[C-])cc4[N+]#[C-])ccc2n3-c2cncc(-n3c4ccc(-c5ccc(C#N)cc5[N+]#[C-])cc4c4cc(-c5ccc(C#N)cc5[N+]#[C-])ccc43)c2-c2cccc(C#N)c2)c(C#N)c1. The van der Waals surface area contributed by atoms with E-state index < -0.39 is 0 Å². The maximum absolute atomic E-state index is 10.4. The summed E-state index contributed by atoms with van der Waals surface area (Å²) in [4.78, 5) is 23.6. The molecule has 0 aliphatic carbocycles. The van der Waals surface area contributed by atoms with E-state index in [2.05, 4.69) is 57.6 Å². The summed E-state index contributed by atoms with van der Waals surface area (Å²) in [5.41, 5.74) is 14.6. The summed E-state index contributed by atoms with van der Waals surface area (Å²) < 4.78 is 4.26. The zero-order valence-electron chi connectivity index (χ0n) is 41.7. The van der Waals surface area contributed by atoms with Crippen molar-refractivity contribution in [3.8, 4) is 91.3 Å². The van der Waals surface area contributed by atoms with Gasteiger partial charge < -0.3 is 9.13 Å². The number of fused-ring (bicyclic) bond motifs is 6. The molecule has 12 nitrogen and oxygen atoms in total. The predicted molar refractivity (Wildman–Crippen MR) is 310 cm³/mol. The largest absolute Gasteiger partial charge is 0.307 e. The van der Waals surface area contributed by atoms with Gasteiger partial charge in [0.2, 0.25) is 0 Å². The fourth-order valence-electron chi connectivity index (χ4n) is 10.8. The average molecular weight is 1020 g/mol. The Morgan fingerprint density at radius 1 is 0.350 bits per heavy atom. The van der Waals surface area contributed by atoms with Gasteiger partial charge in [0, 0.05) is 43.8 Å². The van der Waals surface area contributed by atoms with Crippen molar-refractivity contribution in [1.29, 1.82) is 21.0 Å². The van der Waals surface area contributed by atoms with Gasteiger partial charge in [-0.1, -0.05) is 78.9 Å². The number of nitriles is 4. The van der Waals surface area contributed by atoms with Crippen molar-refractivity contribution in [2.24, 2.45) is 0 Å². The summed E-state index contributed by atoms with van der Waals surface area (Å²) in [7, 11) is 0. The van der Waals surface area contributed by atoms with E-state index in [0.717, 1.165) is 65.9 Å². The van der Waals surface area contributed by atoms with Crippen LogP contribution in [0.1, 0.15) is 22.3 Å². The monoisotopic (exact) mass is 1010 g/mol. The predicted octanol–water partition coefficient (Wildman–Crippen LogP) is 17.9. The summed E-state index contributed by atoms with van der Waals surface area (Å²) in [6.45, 7) is 39.5. The van der Waals surface area contributed by atoms with E-state index in [1.165, 1.54) is 0 Å². The Hall–Kier alpha value is -12.9. The first-order valence-electron chi connectivity index (χ1n) is 24.5. The van der Waals surface area contributed by atoms with Gasteiger partial charge in [0.05, 0.1) is 109 Å². The third-order valence-electron chi connectivity index (χ3n) is 14.4. The Labute approximate surface area is 457 Å². The van der Waals surface area contributed by atoms with Crippen molar-refractivity contribution in [3.05, 3.63) is 262 Å². The summed E-state index contributed by atoms with van der Waals surface area (Å²) in [5.74, 6) is 0. The van der Waals surface area contributed by atoms with E-state index in [4.69, 9.17) is 37.8 Å². The van der Waals surface area contributed by atoms with Crippen LogP contribution >= 0.6 is 0 Å². The van der Waals surface area contributed by atoms with E-state index in [1.807, 2.05) is 91.0 Å². The van der Waals surface area contributed by atoms with Gasteiger partial charge in [-0.25, -0.2) is 24.2 Å². The molecule has 3 aromatic heterocycles. The van der Waals surface area contributed by atoms with Crippen LogP contribution in [-0.4, -0.2) is 14.1 Å². The molecule has 0 atom stereocenters. The number of rotatable bonds is 7. The van der Waals surface area contributed by atoms with Crippen LogP contribution in [0.25, 0.3) is 135 Å². The number of aromatic nitrogens is 3. The van der Waals surface area contributed by atoms with Crippen LogP contribution in [0.3, 0.4) is 0 Å². The van der Waals surface area contributed by atoms with Crippen molar-refractivity contribution < 1.29 is 0 Å². The number of pyridine rings is 1. The Morgan fingerprint density at radius 2 is 0.750 bits per heavy atom. The Balaban J connectivity index is 1.18. The average Bonchev–Trinajstić information content (AvgIpc) is 4.13. The van der Waals surface area contributed by atoms with E-state index in [9.17, 15) is 21.0 Å². The van der Waals surface area contributed by atoms with Crippen LogP contribution in [0.4, 0.5) is 28.4 Å². The van der Waals surface area contributed by atoms with Crippen molar-refractivity contribution in [2.45, 2.75) is 0 Å². The number of hydrogen-bond donors (Lipinski definition) is 0. The van der Waals surface area contributed by atoms with Gasteiger partial charge in [-0.05, 0) is 141 Å². The Bertz CT molecular complexity index is 4590. The molecule has 0 saturated heterocycles. The molecule has 12 aromatic rings. The number of benzene rings is 9. The zero-order chi connectivity index (χ0) is 55.2. The third kappa shape index (κ3) is 7.82. The molecule has 0 aliphatic heterocycles. The van der Waals surface area contributed by atoms with Gasteiger partial charge in [-0.15, -0.1) is 0 Å². The quantitative estimate of drug-likeness (QED) is 0.146. The molecule has 0 bridgehead atoms. The topological polar surface area (TPSA) is 140 Å². The van der Waals surface area contributed by atoms with Crippen LogP contribution in [-0.2, 0) is 0 Å². The molecule has 0 unspecified atom stereocenters. The first-order chi connectivity index (χ1) is 39.2. The lowest BCUT2D eigenvalue weighted by Gasteiger charge is -2.20. The summed E-state index contributed by atoms with van der Waals surface area (Å²) in [6.07, 6.45) is 3.60. The Kier molecular flexibility index (Phi) is 11.7. The molecule has 0 radical (unpaired) electrons. The lowest BCUT2D eigenvalue weighted by molar-refractivity contribution is 1.09. The molecule has 80 heavy (non-hydrogen) atoms. The van der Waals surface area contributed by atoms with Gasteiger partial charge >= 0.3 is 0 Å². The molecule has 12 heteroatoms. The van der Waals surface area contributed by atoms with Gasteiger partial charge in [0.1, 0.15) is 0 Å².